The van der Waals surface area contributed by atoms with Crippen molar-refractivity contribution in [2.75, 3.05) is 6.61 Å². The standard InChI is InChI=1S/C46H65NO15/c1-23(2)19-28(47-40(53)62-41(6,7)8)33(50)39(52)57-29-21-46(54)37(58-38(51)27-17-15-14-16-18-27)35-44(13)30(20-31-45(35,22-55-31)59-26(5)49)60-43(11,12)61-36(44)34(56-25(4)48)32(24(29)3)42(46,9)10/h14-18,23,28-31,33-37,50,54H,19-22H2,1-13H3,(H,47,53)/t28-,29-,30-,31+,33+,34+,35-,36-,37-,44+,45-,46+/m0/s1. The van der Waals surface area contributed by atoms with Crippen molar-refractivity contribution in [2.24, 2.45) is 22.7 Å². The number of alkyl carbamates (subject to hydrolysis) is 1. The van der Waals surface area contributed by atoms with Gasteiger partial charge in [-0.2, -0.15) is 0 Å². The monoisotopic (exact) mass is 871 g/mol. The van der Waals surface area contributed by atoms with E-state index in [0.29, 0.717) is 11.1 Å². The molecule has 0 spiro atoms. The van der Waals surface area contributed by atoms with Crippen LogP contribution in [0.25, 0.3) is 0 Å². The van der Waals surface area contributed by atoms with Gasteiger partial charge in [0.1, 0.15) is 35.6 Å². The molecular weight excluding hydrogens is 806 g/mol. The fourth-order valence-corrected chi connectivity index (χ4v) is 10.9. The van der Waals surface area contributed by atoms with Crippen molar-refractivity contribution in [1.29, 1.82) is 0 Å². The van der Waals surface area contributed by atoms with Gasteiger partial charge in [0.15, 0.2) is 23.6 Å². The Kier molecular flexibility index (Phi) is 12.6. The third-order valence-electron chi connectivity index (χ3n) is 13.5. The first-order valence-electron chi connectivity index (χ1n) is 21.5. The highest BCUT2D eigenvalue weighted by atomic mass is 16.7. The number of hydrogen-bond acceptors (Lipinski definition) is 15. The van der Waals surface area contributed by atoms with Crippen LogP contribution < -0.4 is 5.32 Å². The number of benzene rings is 1. The highest BCUT2D eigenvalue weighted by molar-refractivity contribution is 5.89. The summed E-state index contributed by atoms with van der Waals surface area (Å²) in [5.74, 6) is -5.78. The smallest absolute Gasteiger partial charge is 0.407 e. The molecule has 2 aliphatic heterocycles. The van der Waals surface area contributed by atoms with Crippen molar-refractivity contribution >= 4 is 30.0 Å². The molecule has 2 saturated heterocycles. The zero-order valence-electron chi connectivity index (χ0n) is 38.2. The van der Waals surface area contributed by atoms with E-state index >= 15 is 0 Å². The first kappa shape index (κ1) is 47.4. The summed E-state index contributed by atoms with van der Waals surface area (Å²) in [5, 5.41) is 28.1. The Morgan fingerprint density at radius 3 is 2.11 bits per heavy atom. The van der Waals surface area contributed by atoms with Crippen LogP contribution >= 0.6 is 0 Å². The van der Waals surface area contributed by atoms with Crippen LogP contribution in [0, 0.1) is 22.7 Å². The van der Waals surface area contributed by atoms with E-state index in [1.165, 1.54) is 13.8 Å². The lowest BCUT2D eigenvalue weighted by atomic mass is 9.44. The quantitative estimate of drug-likeness (QED) is 0.159. The Balaban J connectivity index is 1.57. The molecule has 5 aliphatic rings. The van der Waals surface area contributed by atoms with Gasteiger partial charge < -0.3 is 53.4 Å². The molecule has 2 heterocycles. The van der Waals surface area contributed by atoms with Crippen LogP contribution in [-0.4, -0.2) is 118 Å². The second kappa shape index (κ2) is 16.5. The van der Waals surface area contributed by atoms with Crippen molar-refractivity contribution in [3.63, 3.8) is 0 Å². The maximum atomic E-state index is 14.5. The number of ether oxygens (including phenoxy) is 8. The average molecular weight is 872 g/mol. The van der Waals surface area contributed by atoms with Crippen molar-refractivity contribution in [2.45, 2.75) is 181 Å². The van der Waals surface area contributed by atoms with Crippen molar-refractivity contribution < 1.29 is 72.1 Å². The molecule has 0 unspecified atom stereocenters. The number of carbonyl (C=O) groups excluding carboxylic acids is 5. The van der Waals surface area contributed by atoms with Gasteiger partial charge in [0, 0.05) is 37.5 Å². The number of hydrogen-bond donors (Lipinski definition) is 3. The van der Waals surface area contributed by atoms with Gasteiger partial charge in [-0.3, -0.25) is 9.59 Å². The number of esters is 4. The van der Waals surface area contributed by atoms with Crippen molar-refractivity contribution in [3.8, 4) is 0 Å². The number of amides is 1. The second-order valence-electron chi connectivity index (χ2n) is 20.3. The first-order valence-corrected chi connectivity index (χ1v) is 21.5. The van der Waals surface area contributed by atoms with E-state index in [4.69, 9.17) is 37.9 Å². The zero-order chi connectivity index (χ0) is 46.1. The van der Waals surface area contributed by atoms with E-state index in [-0.39, 0.29) is 30.9 Å². The van der Waals surface area contributed by atoms with Crippen molar-refractivity contribution in [3.05, 3.63) is 47.0 Å². The Bertz CT molecular complexity index is 1960. The van der Waals surface area contributed by atoms with E-state index in [2.05, 4.69) is 5.32 Å². The Labute approximate surface area is 363 Å². The second-order valence-corrected chi connectivity index (χ2v) is 20.3. The van der Waals surface area contributed by atoms with Gasteiger partial charge in [0.2, 0.25) is 0 Å². The summed E-state index contributed by atoms with van der Waals surface area (Å²) < 4.78 is 50.6. The third-order valence-corrected chi connectivity index (χ3v) is 13.5. The minimum Gasteiger partial charge on any atom is -0.456 e. The van der Waals surface area contributed by atoms with Gasteiger partial charge in [-0.25, -0.2) is 14.4 Å². The normalized spacial score (nSPS) is 35.3. The van der Waals surface area contributed by atoms with Gasteiger partial charge in [-0.05, 0) is 77.2 Å². The maximum absolute atomic E-state index is 14.5. The number of aliphatic hydroxyl groups is 2. The molecule has 16 nitrogen and oxygen atoms in total. The highest BCUT2D eigenvalue weighted by Crippen LogP contribution is 2.68. The maximum Gasteiger partial charge on any atom is 0.407 e. The van der Waals surface area contributed by atoms with Gasteiger partial charge in [0.05, 0.1) is 30.2 Å². The largest absolute Gasteiger partial charge is 0.456 e. The topological polar surface area (TPSA) is 212 Å². The molecule has 62 heavy (non-hydrogen) atoms. The minimum absolute atomic E-state index is 0.0881. The zero-order valence-corrected chi connectivity index (χ0v) is 38.2. The molecule has 1 aromatic rings. The molecule has 1 aromatic carbocycles. The SMILES string of the molecule is CC(=O)O[C@@H]1C2=C(C)[C@@H](OC(=O)[C@H](O)[C@H](CC(C)C)NC(=O)OC(C)(C)C)C[C@@](O)([C@@H](OC(=O)c3ccccc3)[C@@H]3[C@]4(OC(C)=O)CO[C@@H]4C[C@@H]4OC(C)(C)O[C@@H]1[C@]43C)C2(C)C. The van der Waals surface area contributed by atoms with Gasteiger partial charge in [-0.15, -0.1) is 0 Å². The highest BCUT2D eigenvalue weighted by Gasteiger charge is 2.80. The predicted octanol–water partition coefficient (Wildman–Crippen LogP) is 5.09. The van der Waals surface area contributed by atoms with Crippen LogP contribution in [0.4, 0.5) is 4.79 Å². The lowest BCUT2D eigenvalue weighted by molar-refractivity contribution is -0.430. The van der Waals surface area contributed by atoms with E-state index < -0.39 is 124 Å². The fraction of sp³-hybridized carbons (Fsp3) is 0.717. The molecule has 344 valence electrons. The van der Waals surface area contributed by atoms with Crippen LogP contribution in [0.2, 0.25) is 0 Å². The first-order chi connectivity index (χ1) is 28.6. The summed E-state index contributed by atoms with van der Waals surface area (Å²) in [4.78, 5) is 68.2. The van der Waals surface area contributed by atoms with Gasteiger partial charge >= 0.3 is 30.0 Å². The van der Waals surface area contributed by atoms with Gasteiger partial charge in [0.25, 0.3) is 0 Å². The van der Waals surface area contributed by atoms with Crippen LogP contribution in [-0.2, 0) is 52.3 Å². The summed E-state index contributed by atoms with van der Waals surface area (Å²) in [6.07, 6.45) is -9.59. The molecule has 16 heteroatoms. The number of nitrogens with one attached hydrogen (secondary N) is 1. The summed E-state index contributed by atoms with van der Waals surface area (Å²) >= 11 is 0. The lowest BCUT2D eigenvalue weighted by Gasteiger charge is -2.71. The number of fused-ring (bicyclic) bond motifs is 4. The molecule has 6 rings (SSSR count). The molecule has 12 atom stereocenters. The van der Waals surface area contributed by atoms with E-state index in [0.717, 1.165) is 0 Å². The van der Waals surface area contributed by atoms with E-state index in [9.17, 15) is 34.2 Å². The molecule has 3 N–H and O–H groups in total. The summed E-state index contributed by atoms with van der Waals surface area (Å²) in [5.41, 5.74) is -6.53. The number of carbonyl (C=O) groups is 5. The van der Waals surface area contributed by atoms with Crippen molar-refractivity contribution in [1.82, 2.24) is 5.32 Å². The molecule has 2 bridgehead atoms. The van der Waals surface area contributed by atoms with Crippen LogP contribution in [0.15, 0.2) is 41.5 Å². The average Bonchev–Trinajstić information content (AvgIpc) is 3.13. The van der Waals surface area contributed by atoms with E-state index in [1.54, 1.807) is 85.7 Å². The minimum atomic E-state index is -2.21. The fourth-order valence-electron chi connectivity index (χ4n) is 10.9. The summed E-state index contributed by atoms with van der Waals surface area (Å²) in [6, 6.07) is 7.08. The van der Waals surface area contributed by atoms with Crippen LogP contribution in [0.3, 0.4) is 0 Å². The Hall–Kier alpha value is -4.09. The lowest BCUT2D eigenvalue weighted by Crippen LogP contribution is -2.84. The number of aliphatic hydroxyl groups excluding tert-OH is 1. The summed E-state index contributed by atoms with van der Waals surface area (Å²) in [7, 11) is 0. The molecule has 0 aromatic heterocycles. The predicted molar refractivity (Wildman–Crippen MR) is 220 cm³/mol. The molecule has 3 aliphatic carbocycles. The Morgan fingerprint density at radius 1 is 0.919 bits per heavy atom. The molecule has 2 saturated carbocycles. The number of rotatable bonds is 10. The van der Waals surface area contributed by atoms with E-state index in [1.807, 2.05) is 20.8 Å². The molecule has 1 amide bonds. The van der Waals surface area contributed by atoms with Gasteiger partial charge in [-0.1, -0.05) is 52.8 Å². The molecule has 0 radical (unpaired) electrons. The van der Waals surface area contributed by atoms with Crippen LogP contribution in [0.1, 0.15) is 120 Å². The summed E-state index contributed by atoms with van der Waals surface area (Å²) in [6.45, 7) is 21.6. The molecular formula is C46H65NO15. The molecule has 4 fully saturated rings. The third kappa shape index (κ3) is 8.37. The Morgan fingerprint density at radius 2 is 1.56 bits per heavy atom. The van der Waals surface area contributed by atoms with Crippen LogP contribution in [0.5, 0.6) is 0 Å².